The van der Waals surface area contributed by atoms with Gasteiger partial charge in [0.1, 0.15) is 0 Å². The van der Waals surface area contributed by atoms with Gasteiger partial charge in [-0.1, -0.05) is 6.92 Å². The summed E-state index contributed by atoms with van der Waals surface area (Å²) in [5, 5.41) is 0. The fourth-order valence-corrected chi connectivity index (χ4v) is 1.12. The lowest BCUT2D eigenvalue weighted by Gasteiger charge is -2.29. The van der Waals surface area contributed by atoms with E-state index in [1.807, 2.05) is 6.92 Å². The van der Waals surface area contributed by atoms with E-state index < -0.39 is 12.7 Å². The maximum Gasteiger partial charge on any atom is 0.401 e. The number of halogens is 3. The summed E-state index contributed by atoms with van der Waals surface area (Å²) in [6.07, 6.45) is -3.45. The Morgan fingerprint density at radius 3 is 2.07 bits per heavy atom. The molecule has 0 amide bonds. The number of rotatable bonds is 5. The van der Waals surface area contributed by atoms with Gasteiger partial charge in [-0.2, -0.15) is 13.2 Å². The molecule has 0 aromatic carbocycles. The van der Waals surface area contributed by atoms with Crippen molar-refractivity contribution in [3.8, 4) is 0 Å². The first-order valence-corrected chi connectivity index (χ1v) is 4.82. The van der Waals surface area contributed by atoms with Crippen molar-refractivity contribution < 1.29 is 13.2 Å². The van der Waals surface area contributed by atoms with Gasteiger partial charge in [0.05, 0.1) is 6.54 Å². The minimum atomic E-state index is -4.14. The quantitative estimate of drug-likeness (QED) is 0.755. The summed E-state index contributed by atoms with van der Waals surface area (Å²) in [6.45, 7) is 4.78. The second kappa shape index (κ2) is 5.56. The lowest BCUT2D eigenvalue weighted by molar-refractivity contribution is -0.150. The summed E-state index contributed by atoms with van der Waals surface area (Å²) in [5.41, 5.74) is 5.62. The molecule has 5 heteroatoms. The Kier molecular flexibility index (Phi) is 5.44. The summed E-state index contributed by atoms with van der Waals surface area (Å²) < 4.78 is 36.4. The second-order valence-corrected chi connectivity index (χ2v) is 3.81. The molecule has 0 aliphatic heterocycles. The Bertz CT molecular complexity index is 157. The van der Waals surface area contributed by atoms with Crippen LogP contribution in [0.3, 0.4) is 0 Å². The summed E-state index contributed by atoms with van der Waals surface area (Å²) in [6, 6.07) is -0.311. The third-order valence-corrected chi connectivity index (χ3v) is 2.11. The average Bonchev–Trinajstić information content (AvgIpc) is 2.00. The molecule has 0 aromatic rings. The highest BCUT2D eigenvalue weighted by molar-refractivity contribution is 4.72. The molecular weight excluding hydrogens is 193 g/mol. The zero-order valence-electron chi connectivity index (χ0n) is 8.93. The van der Waals surface area contributed by atoms with Crippen molar-refractivity contribution in [2.24, 2.45) is 5.73 Å². The van der Waals surface area contributed by atoms with Gasteiger partial charge < -0.3 is 5.73 Å². The van der Waals surface area contributed by atoms with E-state index in [9.17, 15) is 13.2 Å². The Morgan fingerprint density at radius 1 is 1.29 bits per heavy atom. The molecular formula is C9H19F3N2. The molecule has 0 spiro atoms. The van der Waals surface area contributed by atoms with Crippen LogP contribution >= 0.6 is 0 Å². The van der Waals surface area contributed by atoms with E-state index >= 15 is 0 Å². The van der Waals surface area contributed by atoms with Gasteiger partial charge >= 0.3 is 6.18 Å². The lowest BCUT2D eigenvalue weighted by Crippen LogP contribution is -2.45. The van der Waals surface area contributed by atoms with Crippen molar-refractivity contribution in [2.75, 3.05) is 13.1 Å². The first kappa shape index (κ1) is 13.7. The third kappa shape index (κ3) is 6.21. The molecule has 0 aliphatic carbocycles. The molecule has 0 aromatic heterocycles. The zero-order valence-corrected chi connectivity index (χ0v) is 8.93. The van der Waals surface area contributed by atoms with Gasteiger partial charge in [0.25, 0.3) is 0 Å². The first-order valence-electron chi connectivity index (χ1n) is 4.82. The van der Waals surface area contributed by atoms with Gasteiger partial charge in [-0.05, 0) is 20.3 Å². The van der Waals surface area contributed by atoms with Gasteiger partial charge in [0.15, 0.2) is 0 Å². The number of nitrogens with zero attached hydrogens (tertiary/aromatic N) is 1. The molecule has 2 N–H and O–H groups in total. The SMILES string of the molecule is CCC(N)CN(CC(F)(F)F)C(C)C. The van der Waals surface area contributed by atoms with Crippen LogP contribution in [-0.2, 0) is 0 Å². The lowest BCUT2D eigenvalue weighted by atomic mass is 10.2. The Labute approximate surface area is 83.3 Å². The van der Waals surface area contributed by atoms with Crippen LogP contribution in [0.15, 0.2) is 0 Å². The zero-order chi connectivity index (χ0) is 11.4. The van der Waals surface area contributed by atoms with Crippen molar-refractivity contribution >= 4 is 0 Å². The highest BCUT2D eigenvalue weighted by Gasteiger charge is 2.32. The van der Waals surface area contributed by atoms with E-state index in [2.05, 4.69) is 0 Å². The van der Waals surface area contributed by atoms with E-state index in [0.717, 1.165) is 0 Å². The summed E-state index contributed by atoms with van der Waals surface area (Å²) in [4.78, 5) is 1.36. The number of hydrogen-bond acceptors (Lipinski definition) is 2. The van der Waals surface area contributed by atoms with Gasteiger partial charge in [-0.3, -0.25) is 4.90 Å². The molecule has 14 heavy (non-hydrogen) atoms. The van der Waals surface area contributed by atoms with Crippen LogP contribution in [0.1, 0.15) is 27.2 Å². The van der Waals surface area contributed by atoms with Gasteiger partial charge in [-0.15, -0.1) is 0 Å². The minimum Gasteiger partial charge on any atom is -0.327 e. The fraction of sp³-hybridized carbons (Fsp3) is 1.00. The number of alkyl halides is 3. The van der Waals surface area contributed by atoms with Crippen molar-refractivity contribution in [1.82, 2.24) is 4.90 Å². The number of nitrogens with two attached hydrogens (primary N) is 1. The second-order valence-electron chi connectivity index (χ2n) is 3.81. The Hall–Kier alpha value is -0.290. The highest BCUT2D eigenvalue weighted by atomic mass is 19.4. The van der Waals surface area contributed by atoms with E-state index in [1.54, 1.807) is 13.8 Å². The maximum absolute atomic E-state index is 12.1. The van der Waals surface area contributed by atoms with Gasteiger partial charge in [-0.25, -0.2) is 0 Å². The molecule has 0 saturated heterocycles. The summed E-state index contributed by atoms with van der Waals surface area (Å²) in [5.74, 6) is 0. The predicted molar refractivity (Wildman–Crippen MR) is 51.0 cm³/mol. The molecule has 1 unspecified atom stereocenters. The van der Waals surface area contributed by atoms with Crippen LogP contribution in [0.4, 0.5) is 13.2 Å². The van der Waals surface area contributed by atoms with E-state index in [4.69, 9.17) is 5.73 Å². The van der Waals surface area contributed by atoms with Crippen LogP contribution in [0.2, 0.25) is 0 Å². The van der Waals surface area contributed by atoms with Crippen LogP contribution in [0.5, 0.6) is 0 Å². The summed E-state index contributed by atoms with van der Waals surface area (Å²) >= 11 is 0. The van der Waals surface area contributed by atoms with Crippen molar-refractivity contribution in [3.05, 3.63) is 0 Å². The monoisotopic (exact) mass is 212 g/mol. The molecule has 0 rings (SSSR count). The molecule has 1 atom stereocenters. The van der Waals surface area contributed by atoms with Gasteiger partial charge in [0.2, 0.25) is 0 Å². The van der Waals surface area contributed by atoms with E-state index in [1.165, 1.54) is 4.90 Å². The molecule has 0 heterocycles. The maximum atomic E-state index is 12.1. The molecule has 0 radical (unpaired) electrons. The summed E-state index contributed by atoms with van der Waals surface area (Å²) in [7, 11) is 0. The van der Waals surface area contributed by atoms with Crippen LogP contribution in [0, 0.1) is 0 Å². The van der Waals surface area contributed by atoms with Crippen LogP contribution in [-0.4, -0.2) is 36.2 Å². The molecule has 0 saturated carbocycles. The highest BCUT2D eigenvalue weighted by Crippen LogP contribution is 2.18. The molecule has 0 aliphatic rings. The van der Waals surface area contributed by atoms with Crippen LogP contribution < -0.4 is 5.73 Å². The topological polar surface area (TPSA) is 29.3 Å². The van der Waals surface area contributed by atoms with Crippen molar-refractivity contribution in [2.45, 2.75) is 45.5 Å². The van der Waals surface area contributed by atoms with E-state index in [0.29, 0.717) is 13.0 Å². The third-order valence-electron chi connectivity index (χ3n) is 2.11. The predicted octanol–water partition coefficient (Wildman–Crippen LogP) is 2.00. The van der Waals surface area contributed by atoms with Crippen LogP contribution in [0.25, 0.3) is 0 Å². The van der Waals surface area contributed by atoms with Crippen molar-refractivity contribution in [1.29, 1.82) is 0 Å². The average molecular weight is 212 g/mol. The fourth-order valence-electron chi connectivity index (χ4n) is 1.12. The first-order chi connectivity index (χ1) is 6.26. The molecule has 2 nitrogen and oxygen atoms in total. The number of hydrogen-bond donors (Lipinski definition) is 1. The molecule has 0 bridgehead atoms. The van der Waals surface area contributed by atoms with E-state index in [-0.39, 0.29) is 12.1 Å². The smallest absolute Gasteiger partial charge is 0.327 e. The molecule has 0 fully saturated rings. The largest absolute Gasteiger partial charge is 0.401 e. The Balaban J connectivity index is 4.16. The minimum absolute atomic E-state index is 0.130. The standard InChI is InChI=1S/C9H19F3N2/c1-4-8(13)5-14(7(2)3)6-9(10,11)12/h7-8H,4-6,13H2,1-3H3. The van der Waals surface area contributed by atoms with Gasteiger partial charge in [0, 0.05) is 18.6 Å². The Morgan fingerprint density at radius 2 is 1.79 bits per heavy atom. The van der Waals surface area contributed by atoms with Crippen molar-refractivity contribution in [3.63, 3.8) is 0 Å². The molecule has 86 valence electrons. The normalized spacial score (nSPS) is 15.2.